The molecule has 2 heterocycles. The fourth-order valence-electron chi connectivity index (χ4n) is 3.63. The second kappa shape index (κ2) is 7.61. The lowest BCUT2D eigenvalue weighted by Gasteiger charge is -2.09. The molecule has 0 spiro atoms. The van der Waals surface area contributed by atoms with E-state index in [1.165, 1.54) is 12.1 Å². The normalized spacial score (nSPS) is 11.8. The molecule has 5 rings (SSSR count). The van der Waals surface area contributed by atoms with Gasteiger partial charge in [-0.25, -0.2) is 18.4 Å². The first-order valence-electron chi connectivity index (χ1n) is 9.62. The summed E-state index contributed by atoms with van der Waals surface area (Å²) in [4.78, 5) is 9.42. The van der Waals surface area contributed by atoms with Crippen LogP contribution in [-0.2, 0) is 9.84 Å². The molecule has 5 aromatic rings. The zero-order chi connectivity index (χ0) is 22.5. The molecule has 160 valence electrons. The standard InChI is InChI=1S/C23H17BrN4O3S/c1-31-16-10-8-15(9-11-16)28-22(25)21(32(29,30)17-12-6-14(24)7-13-17)20-23(28)27-19-5-3-2-4-18(19)26-20/h2-13H,25H2,1H3. The minimum absolute atomic E-state index is 0.0448. The Morgan fingerprint density at radius 3 is 2.16 bits per heavy atom. The van der Waals surface area contributed by atoms with Gasteiger partial charge in [0, 0.05) is 10.2 Å². The number of ether oxygens (including phenoxy) is 1. The van der Waals surface area contributed by atoms with Crippen LogP contribution >= 0.6 is 15.9 Å². The van der Waals surface area contributed by atoms with E-state index in [0.717, 1.165) is 4.47 Å². The van der Waals surface area contributed by atoms with E-state index in [2.05, 4.69) is 20.9 Å². The fourth-order valence-corrected chi connectivity index (χ4v) is 5.38. The van der Waals surface area contributed by atoms with Crippen LogP contribution in [0.15, 0.2) is 87.1 Å². The Morgan fingerprint density at radius 1 is 0.906 bits per heavy atom. The predicted molar refractivity (Wildman–Crippen MR) is 127 cm³/mol. The molecule has 3 aromatic carbocycles. The van der Waals surface area contributed by atoms with E-state index in [4.69, 9.17) is 15.5 Å². The minimum atomic E-state index is -3.98. The quantitative estimate of drug-likeness (QED) is 0.375. The number of halogens is 1. The lowest BCUT2D eigenvalue weighted by molar-refractivity contribution is 0.415. The van der Waals surface area contributed by atoms with Crippen molar-refractivity contribution in [3.63, 3.8) is 0 Å². The number of sulfone groups is 1. The van der Waals surface area contributed by atoms with Gasteiger partial charge in [0.25, 0.3) is 0 Å². The molecule has 0 unspecified atom stereocenters. The molecule has 0 saturated heterocycles. The summed E-state index contributed by atoms with van der Waals surface area (Å²) in [5.74, 6) is 0.714. The number of para-hydroxylation sites is 2. The van der Waals surface area contributed by atoms with Gasteiger partial charge in [0.15, 0.2) is 5.65 Å². The van der Waals surface area contributed by atoms with Crippen LogP contribution in [0, 0.1) is 0 Å². The summed E-state index contributed by atoms with van der Waals surface area (Å²) in [5, 5.41) is 0. The van der Waals surface area contributed by atoms with Gasteiger partial charge in [0.05, 0.1) is 23.0 Å². The van der Waals surface area contributed by atoms with E-state index >= 15 is 0 Å². The third kappa shape index (κ3) is 3.21. The molecule has 0 radical (unpaired) electrons. The Morgan fingerprint density at radius 2 is 1.53 bits per heavy atom. The molecular weight excluding hydrogens is 492 g/mol. The number of fused-ring (bicyclic) bond motifs is 2. The summed E-state index contributed by atoms with van der Waals surface area (Å²) in [6.07, 6.45) is 0. The number of methoxy groups -OCH3 is 1. The maximum absolute atomic E-state index is 13.7. The molecule has 0 amide bonds. The van der Waals surface area contributed by atoms with Crippen LogP contribution in [0.5, 0.6) is 5.75 Å². The first kappa shape index (κ1) is 20.5. The second-order valence-corrected chi connectivity index (χ2v) is 9.89. The Bertz CT molecular complexity index is 1580. The van der Waals surface area contributed by atoms with E-state index in [1.54, 1.807) is 54.1 Å². The maximum Gasteiger partial charge on any atom is 0.212 e. The Balaban J connectivity index is 1.87. The van der Waals surface area contributed by atoms with Crippen LogP contribution < -0.4 is 10.5 Å². The number of aromatic nitrogens is 3. The van der Waals surface area contributed by atoms with Crippen molar-refractivity contribution in [3.8, 4) is 11.4 Å². The number of nitrogens with zero attached hydrogens (tertiary/aromatic N) is 3. The second-order valence-electron chi connectivity index (χ2n) is 7.09. The highest BCUT2D eigenvalue weighted by molar-refractivity contribution is 9.10. The molecular formula is C23H17BrN4O3S. The SMILES string of the molecule is COc1ccc(-n2c(N)c(S(=O)(=O)c3ccc(Br)cc3)c3nc4ccccc4nc32)cc1. The lowest BCUT2D eigenvalue weighted by atomic mass is 10.3. The Labute approximate surface area is 192 Å². The third-order valence-electron chi connectivity index (χ3n) is 5.18. The van der Waals surface area contributed by atoms with Gasteiger partial charge in [0.2, 0.25) is 9.84 Å². The molecule has 32 heavy (non-hydrogen) atoms. The molecule has 7 nitrogen and oxygen atoms in total. The molecule has 0 fully saturated rings. The van der Waals surface area contributed by atoms with Crippen molar-refractivity contribution in [2.75, 3.05) is 12.8 Å². The van der Waals surface area contributed by atoms with E-state index in [9.17, 15) is 8.42 Å². The smallest absolute Gasteiger partial charge is 0.212 e. The first-order valence-corrected chi connectivity index (χ1v) is 11.9. The monoisotopic (exact) mass is 508 g/mol. The van der Waals surface area contributed by atoms with Gasteiger partial charge in [0.1, 0.15) is 22.0 Å². The third-order valence-corrected chi connectivity index (χ3v) is 7.54. The van der Waals surface area contributed by atoms with Crippen LogP contribution in [0.25, 0.3) is 27.9 Å². The van der Waals surface area contributed by atoms with Gasteiger partial charge >= 0.3 is 0 Å². The summed E-state index contributed by atoms with van der Waals surface area (Å²) in [6.45, 7) is 0. The topological polar surface area (TPSA) is 100 Å². The van der Waals surface area contributed by atoms with Crippen molar-refractivity contribution in [2.24, 2.45) is 0 Å². The predicted octanol–water partition coefficient (Wildman–Crippen LogP) is 4.76. The number of hydrogen-bond donors (Lipinski definition) is 1. The van der Waals surface area contributed by atoms with Gasteiger partial charge in [-0.1, -0.05) is 28.1 Å². The van der Waals surface area contributed by atoms with Crippen LogP contribution in [0.2, 0.25) is 0 Å². The molecule has 0 saturated carbocycles. The number of benzene rings is 3. The number of hydrogen-bond acceptors (Lipinski definition) is 6. The van der Waals surface area contributed by atoms with Crippen molar-refractivity contribution in [2.45, 2.75) is 9.79 Å². The molecule has 0 aliphatic carbocycles. The lowest BCUT2D eigenvalue weighted by Crippen LogP contribution is -2.07. The highest BCUT2D eigenvalue weighted by atomic mass is 79.9. The van der Waals surface area contributed by atoms with E-state index in [0.29, 0.717) is 28.1 Å². The summed E-state index contributed by atoms with van der Waals surface area (Å²) < 4.78 is 35.0. The van der Waals surface area contributed by atoms with Crippen LogP contribution in [-0.4, -0.2) is 30.1 Å². The number of nitrogen functional groups attached to an aromatic ring is 1. The summed E-state index contributed by atoms with van der Waals surface area (Å²) in [6, 6.07) is 20.8. The van der Waals surface area contributed by atoms with Gasteiger partial charge in [-0.15, -0.1) is 0 Å². The summed E-state index contributed by atoms with van der Waals surface area (Å²) >= 11 is 3.34. The van der Waals surface area contributed by atoms with Crippen molar-refractivity contribution in [1.82, 2.24) is 14.5 Å². The van der Waals surface area contributed by atoms with Crippen LogP contribution in [0.4, 0.5) is 5.82 Å². The maximum atomic E-state index is 13.7. The van der Waals surface area contributed by atoms with Crippen molar-refractivity contribution in [3.05, 3.63) is 77.3 Å². The van der Waals surface area contributed by atoms with Crippen molar-refractivity contribution in [1.29, 1.82) is 0 Å². The fraction of sp³-hybridized carbons (Fsp3) is 0.0435. The highest BCUT2D eigenvalue weighted by Gasteiger charge is 2.30. The van der Waals surface area contributed by atoms with Crippen molar-refractivity contribution >= 4 is 53.8 Å². The summed E-state index contributed by atoms with van der Waals surface area (Å²) in [5.41, 5.74) is 8.95. The Kier molecular flexibility index (Phi) is 4.87. The average Bonchev–Trinajstić information content (AvgIpc) is 3.09. The van der Waals surface area contributed by atoms with E-state index in [1.807, 2.05) is 18.2 Å². The number of rotatable bonds is 4. The molecule has 0 aliphatic rings. The molecule has 2 N–H and O–H groups in total. The van der Waals surface area contributed by atoms with Gasteiger partial charge in [-0.2, -0.15) is 0 Å². The number of nitrogens with two attached hydrogens (primary N) is 1. The highest BCUT2D eigenvalue weighted by Crippen LogP contribution is 2.37. The number of anilines is 1. The van der Waals surface area contributed by atoms with E-state index in [-0.39, 0.29) is 21.1 Å². The zero-order valence-electron chi connectivity index (χ0n) is 16.9. The van der Waals surface area contributed by atoms with Gasteiger partial charge < -0.3 is 10.5 Å². The molecule has 0 bridgehead atoms. The van der Waals surface area contributed by atoms with Gasteiger partial charge in [-0.05, 0) is 60.7 Å². The largest absolute Gasteiger partial charge is 0.497 e. The zero-order valence-corrected chi connectivity index (χ0v) is 19.3. The Hall–Kier alpha value is -3.43. The summed E-state index contributed by atoms with van der Waals surface area (Å²) in [7, 11) is -2.40. The van der Waals surface area contributed by atoms with Crippen LogP contribution in [0.1, 0.15) is 0 Å². The van der Waals surface area contributed by atoms with Crippen LogP contribution in [0.3, 0.4) is 0 Å². The van der Waals surface area contributed by atoms with Crippen molar-refractivity contribution < 1.29 is 13.2 Å². The average molecular weight is 509 g/mol. The minimum Gasteiger partial charge on any atom is -0.497 e. The molecule has 0 aliphatic heterocycles. The molecule has 9 heteroatoms. The molecule has 2 aromatic heterocycles. The van der Waals surface area contributed by atoms with E-state index < -0.39 is 9.84 Å². The first-order chi connectivity index (χ1) is 15.4. The molecule has 0 atom stereocenters. The van der Waals surface area contributed by atoms with Gasteiger partial charge in [-0.3, -0.25) is 4.57 Å².